The molecule has 0 aliphatic carbocycles. The summed E-state index contributed by atoms with van der Waals surface area (Å²) in [7, 11) is 0. The number of nitrogens with zero attached hydrogens (tertiary/aromatic N) is 1. The highest BCUT2D eigenvalue weighted by Gasteiger charge is 2.29. The van der Waals surface area contributed by atoms with Gasteiger partial charge in [0, 0.05) is 0 Å². The minimum Gasteiger partial charge on any atom is -0.489 e. The summed E-state index contributed by atoms with van der Waals surface area (Å²) in [6, 6.07) is 7.00. The van der Waals surface area contributed by atoms with E-state index in [0.717, 1.165) is 5.56 Å². The van der Waals surface area contributed by atoms with Crippen molar-refractivity contribution in [2.75, 3.05) is 5.32 Å². The topological polar surface area (TPSA) is 64.4 Å². The fourth-order valence-electron chi connectivity index (χ4n) is 2.49. The minimum atomic E-state index is -2.33. The average molecular weight is 412 g/mol. The van der Waals surface area contributed by atoms with Crippen molar-refractivity contribution in [1.82, 2.24) is 5.16 Å². The Morgan fingerprint density at radius 2 is 1.66 bits per heavy atom. The number of hydrogen-bond acceptors (Lipinski definition) is 4. The van der Waals surface area contributed by atoms with Crippen LogP contribution < -0.4 is 10.1 Å². The molecule has 0 spiro atoms. The number of hydrogen-bond donors (Lipinski definition) is 1. The van der Waals surface area contributed by atoms with Crippen LogP contribution in [0.15, 0.2) is 28.8 Å². The van der Waals surface area contributed by atoms with Gasteiger partial charge < -0.3 is 14.6 Å². The molecule has 3 aromatic rings. The molecule has 0 saturated heterocycles. The second kappa shape index (κ2) is 7.90. The van der Waals surface area contributed by atoms with Gasteiger partial charge in [-0.1, -0.05) is 17.3 Å². The first-order chi connectivity index (χ1) is 13.7. The van der Waals surface area contributed by atoms with E-state index in [1.807, 2.05) is 13.0 Å². The van der Waals surface area contributed by atoms with Gasteiger partial charge >= 0.3 is 0 Å². The van der Waals surface area contributed by atoms with Crippen molar-refractivity contribution < 1.29 is 36.0 Å². The van der Waals surface area contributed by atoms with E-state index in [9.17, 15) is 26.7 Å². The maximum atomic E-state index is 13.8. The molecule has 0 fully saturated rings. The summed E-state index contributed by atoms with van der Waals surface area (Å²) in [5, 5.41) is 5.14. The molecule has 1 aromatic heterocycles. The molecule has 3 rings (SSSR count). The highest BCUT2D eigenvalue weighted by atomic mass is 19.2. The first kappa shape index (κ1) is 20.3. The van der Waals surface area contributed by atoms with Gasteiger partial charge in [-0.3, -0.25) is 4.79 Å². The number of aryl methyl sites for hydroxylation is 2. The van der Waals surface area contributed by atoms with E-state index in [1.165, 1.54) is 6.92 Å². The van der Waals surface area contributed by atoms with Gasteiger partial charge in [-0.2, -0.15) is 0 Å². The molecule has 0 aliphatic rings. The van der Waals surface area contributed by atoms with Crippen molar-refractivity contribution in [1.29, 1.82) is 0 Å². The third-order valence-corrected chi connectivity index (χ3v) is 4.02. The Kier molecular flexibility index (Phi) is 5.53. The summed E-state index contributed by atoms with van der Waals surface area (Å²) >= 11 is 0. The molecular formula is C19H13F5N2O3. The number of benzene rings is 2. The minimum absolute atomic E-state index is 0.146. The summed E-state index contributed by atoms with van der Waals surface area (Å²) in [4.78, 5) is 12.4. The van der Waals surface area contributed by atoms with Gasteiger partial charge in [0.15, 0.2) is 29.0 Å². The SMILES string of the molecule is Cc1cccc(OCc2c(C(=O)Nc3c(F)c(F)c(F)c(F)c3F)noc2C)c1. The molecule has 0 aliphatic heterocycles. The average Bonchev–Trinajstić information content (AvgIpc) is 3.07. The highest BCUT2D eigenvalue weighted by Crippen LogP contribution is 2.28. The van der Waals surface area contributed by atoms with Crippen molar-refractivity contribution in [2.45, 2.75) is 20.5 Å². The summed E-state index contributed by atoms with van der Waals surface area (Å²) < 4.78 is 77.8. The maximum absolute atomic E-state index is 13.8. The van der Waals surface area contributed by atoms with Crippen molar-refractivity contribution in [2.24, 2.45) is 0 Å². The lowest BCUT2D eigenvalue weighted by molar-refractivity contribution is 0.101. The molecule has 0 radical (unpaired) electrons. The number of carbonyl (C=O) groups excluding carboxylic acids is 1. The highest BCUT2D eigenvalue weighted by molar-refractivity contribution is 6.04. The first-order valence-corrected chi connectivity index (χ1v) is 8.18. The second-order valence-corrected chi connectivity index (χ2v) is 6.07. The van der Waals surface area contributed by atoms with Gasteiger partial charge in [-0.15, -0.1) is 0 Å². The number of rotatable bonds is 5. The number of anilines is 1. The van der Waals surface area contributed by atoms with Crippen molar-refractivity contribution in [3.63, 3.8) is 0 Å². The predicted octanol–water partition coefficient (Wildman–Crippen LogP) is 4.82. The molecule has 0 unspecified atom stereocenters. The molecule has 2 aromatic carbocycles. The third kappa shape index (κ3) is 3.91. The lowest BCUT2D eigenvalue weighted by Gasteiger charge is -2.10. The van der Waals surface area contributed by atoms with Crippen LogP contribution in [0.5, 0.6) is 5.75 Å². The summed E-state index contributed by atoms with van der Waals surface area (Å²) in [6.45, 7) is 3.14. The van der Waals surface area contributed by atoms with Crippen LogP contribution in [0.25, 0.3) is 0 Å². The Hall–Kier alpha value is -3.43. The molecule has 29 heavy (non-hydrogen) atoms. The van der Waals surface area contributed by atoms with Gasteiger partial charge in [0.05, 0.1) is 5.56 Å². The fourth-order valence-corrected chi connectivity index (χ4v) is 2.49. The molecule has 1 heterocycles. The van der Waals surface area contributed by atoms with E-state index >= 15 is 0 Å². The van der Waals surface area contributed by atoms with Crippen LogP contribution in [0.1, 0.15) is 27.4 Å². The lowest BCUT2D eigenvalue weighted by atomic mass is 10.2. The number of halogens is 5. The number of ether oxygens (including phenoxy) is 1. The number of aromatic nitrogens is 1. The van der Waals surface area contributed by atoms with E-state index in [1.54, 1.807) is 23.5 Å². The lowest BCUT2D eigenvalue weighted by Crippen LogP contribution is -2.19. The van der Waals surface area contributed by atoms with Crippen LogP contribution in [0.4, 0.5) is 27.6 Å². The largest absolute Gasteiger partial charge is 0.489 e. The standard InChI is InChI=1S/C19H13F5N2O3/c1-8-4-3-5-10(6-8)28-7-11-9(2)29-26-17(11)19(27)25-18-15(23)13(21)12(20)14(22)16(18)24/h3-6H,7H2,1-2H3,(H,25,27). The molecule has 1 amide bonds. The first-order valence-electron chi connectivity index (χ1n) is 8.18. The quantitative estimate of drug-likeness (QED) is 0.371. The third-order valence-electron chi connectivity index (χ3n) is 4.02. The maximum Gasteiger partial charge on any atom is 0.278 e. The predicted molar refractivity (Wildman–Crippen MR) is 90.9 cm³/mol. The Bertz CT molecular complexity index is 1070. The van der Waals surface area contributed by atoms with Gasteiger partial charge in [0.25, 0.3) is 5.91 Å². The van der Waals surface area contributed by atoms with E-state index in [0.29, 0.717) is 5.75 Å². The van der Waals surface area contributed by atoms with Crippen LogP contribution >= 0.6 is 0 Å². The fraction of sp³-hybridized carbons (Fsp3) is 0.158. The van der Waals surface area contributed by atoms with Crippen molar-refractivity contribution in [3.8, 4) is 5.75 Å². The van der Waals surface area contributed by atoms with Crippen LogP contribution in [0, 0.1) is 42.9 Å². The zero-order chi connectivity index (χ0) is 21.3. The van der Waals surface area contributed by atoms with Gasteiger partial charge in [0.2, 0.25) is 5.82 Å². The Balaban J connectivity index is 1.86. The Labute approximate surface area is 161 Å². The Morgan fingerprint density at radius 1 is 1.03 bits per heavy atom. The second-order valence-electron chi connectivity index (χ2n) is 6.07. The van der Waals surface area contributed by atoms with Gasteiger partial charge in [-0.25, -0.2) is 22.0 Å². The van der Waals surface area contributed by atoms with E-state index < -0.39 is 46.4 Å². The summed E-state index contributed by atoms with van der Waals surface area (Å²) in [5.74, 6) is -11.6. The molecular weight excluding hydrogens is 399 g/mol. The zero-order valence-electron chi connectivity index (χ0n) is 15.1. The monoisotopic (exact) mass is 412 g/mol. The molecule has 5 nitrogen and oxygen atoms in total. The molecule has 0 atom stereocenters. The van der Waals surface area contributed by atoms with Crippen LogP contribution in [-0.2, 0) is 6.61 Å². The number of carbonyl (C=O) groups is 1. The van der Waals surface area contributed by atoms with Crippen LogP contribution in [0.2, 0.25) is 0 Å². The van der Waals surface area contributed by atoms with E-state index in [2.05, 4.69) is 5.16 Å². The van der Waals surface area contributed by atoms with Crippen LogP contribution in [0.3, 0.4) is 0 Å². The van der Waals surface area contributed by atoms with Crippen molar-refractivity contribution >= 4 is 11.6 Å². The Morgan fingerprint density at radius 3 is 2.28 bits per heavy atom. The molecule has 152 valence electrons. The number of amides is 1. The molecule has 1 N–H and O–H groups in total. The smallest absolute Gasteiger partial charge is 0.278 e. The van der Waals surface area contributed by atoms with Gasteiger partial charge in [0.1, 0.15) is 23.8 Å². The van der Waals surface area contributed by atoms with Crippen molar-refractivity contribution in [3.05, 3.63) is 75.9 Å². The van der Waals surface area contributed by atoms with E-state index in [4.69, 9.17) is 9.26 Å². The summed E-state index contributed by atoms with van der Waals surface area (Å²) in [6.07, 6.45) is 0. The summed E-state index contributed by atoms with van der Waals surface area (Å²) in [5.41, 5.74) is -0.835. The molecule has 0 saturated carbocycles. The molecule has 10 heteroatoms. The molecule has 0 bridgehead atoms. The zero-order valence-corrected chi connectivity index (χ0v) is 15.1. The van der Waals surface area contributed by atoms with Gasteiger partial charge in [-0.05, 0) is 31.5 Å². The van der Waals surface area contributed by atoms with Crippen LogP contribution in [-0.4, -0.2) is 11.1 Å². The van der Waals surface area contributed by atoms with E-state index in [-0.39, 0.29) is 17.9 Å². The number of nitrogens with one attached hydrogen (secondary N) is 1. The normalized spacial score (nSPS) is 10.9.